The van der Waals surface area contributed by atoms with Crippen molar-refractivity contribution in [1.82, 2.24) is 9.97 Å². The Labute approximate surface area is 104 Å². The first-order chi connectivity index (χ1) is 7.51. The molecule has 5 nitrogen and oxygen atoms in total. The normalized spacial score (nSPS) is 13.8. The summed E-state index contributed by atoms with van der Waals surface area (Å²) in [4.78, 5) is 19.1. The average molecular weight is 254 g/mol. The van der Waals surface area contributed by atoms with Crippen LogP contribution in [0.1, 0.15) is 12.7 Å². The van der Waals surface area contributed by atoms with Crippen LogP contribution in [-0.4, -0.2) is 21.0 Å². The fourth-order valence-electron chi connectivity index (χ4n) is 1.32. The number of rotatable bonds is 2. The zero-order chi connectivity index (χ0) is 11.8. The van der Waals surface area contributed by atoms with Gasteiger partial charge in [-0.25, -0.2) is 14.8 Å². The number of hydrogen-bond acceptors (Lipinski definition) is 4. The second-order valence-electron chi connectivity index (χ2n) is 3.76. The first-order valence-corrected chi connectivity index (χ1v) is 4.76. The van der Waals surface area contributed by atoms with Crippen LogP contribution in [0.2, 0.25) is 0 Å². The number of nitrogens with two attached hydrogens (primary N) is 1. The van der Waals surface area contributed by atoms with Gasteiger partial charge < -0.3 is 10.8 Å². The van der Waals surface area contributed by atoms with Gasteiger partial charge >= 0.3 is 5.97 Å². The lowest BCUT2D eigenvalue weighted by Crippen LogP contribution is -2.43. The summed E-state index contributed by atoms with van der Waals surface area (Å²) in [5, 5.41) is 9.82. The van der Waals surface area contributed by atoms with Crippen LogP contribution >= 0.6 is 12.4 Å². The molecule has 6 heteroatoms. The highest BCUT2D eigenvalue weighted by Crippen LogP contribution is 2.17. The van der Waals surface area contributed by atoms with E-state index in [1.165, 1.54) is 6.92 Å². The quantitative estimate of drug-likeness (QED) is 0.842. The van der Waals surface area contributed by atoms with Gasteiger partial charge in [-0.1, -0.05) is 18.2 Å². The molecule has 0 aliphatic carbocycles. The van der Waals surface area contributed by atoms with Crippen molar-refractivity contribution in [3.05, 3.63) is 36.3 Å². The fraction of sp³-hybridized carbons (Fsp3) is 0.182. The second-order valence-corrected chi connectivity index (χ2v) is 3.76. The largest absolute Gasteiger partial charge is 0.480 e. The Morgan fingerprint density at radius 2 is 2.06 bits per heavy atom. The summed E-state index contributed by atoms with van der Waals surface area (Å²) in [7, 11) is 0. The Bertz CT molecular complexity index is 557. The molecule has 0 aliphatic heterocycles. The van der Waals surface area contributed by atoms with Crippen LogP contribution in [0.25, 0.3) is 10.9 Å². The summed E-state index contributed by atoms with van der Waals surface area (Å²) in [6.45, 7) is 1.37. The van der Waals surface area contributed by atoms with Crippen molar-refractivity contribution >= 4 is 29.3 Å². The fourth-order valence-corrected chi connectivity index (χ4v) is 1.32. The molecule has 1 atom stereocenters. The predicted molar refractivity (Wildman–Crippen MR) is 66.0 cm³/mol. The molecule has 3 N–H and O–H groups in total. The highest BCUT2D eigenvalue weighted by molar-refractivity contribution is 5.85. The number of carboxylic acid groups (broad SMARTS) is 1. The van der Waals surface area contributed by atoms with E-state index in [0.717, 1.165) is 5.39 Å². The van der Waals surface area contributed by atoms with Gasteiger partial charge in [0.25, 0.3) is 0 Å². The minimum Gasteiger partial charge on any atom is -0.480 e. The van der Waals surface area contributed by atoms with Gasteiger partial charge in [0.05, 0.1) is 5.52 Å². The Morgan fingerprint density at radius 1 is 1.41 bits per heavy atom. The number of hydrogen-bond donors (Lipinski definition) is 2. The maximum absolute atomic E-state index is 11.0. The van der Waals surface area contributed by atoms with Gasteiger partial charge in [0.1, 0.15) is 0 Å². The first-order valence-electron chi connectivity index (χ1n) is 4.76. The molecule has 17 heavy (non-hydrogen) atoms. The Balaban J connectivity index is 0.00000144. The number of para-hydroxylation sites is 1. The smallest absolute Gasteiger partial charge is 0.331 e. The molecular weight excluding hydrogens is 242 g/mol. The van der Waals surface area contributed by atoms with E-state index in [1.807, 2.05) is 18.2 Å². The van der Waals surface area contributed by atoms with Crippen molar-refractivity contribution in [3.63, 3.8) is 0 Å². The lowest BCUT2D eigenvalue weighted by Gasteiger charge is -2.17. The monoisotopic (exact) mass is 253 g/mol. The molecule has 1 unspecified atom stereocenters. The zero-order valence-electron chi connectivity index (χ0n) is 9.12. The number of fused-ring (bicyclic) bond motifs is 1. The minimum absolute atomic E-state index is 0. The minimum atomic E-state index is -1.57. The van der Waals surface area contributed by atoms with Crippen molar-refractivity contribution in [2.75, 3.05) is 0 Å². The maximum Gasteiger partial charge on any atom is 0.331 e. The molecule has 0 amide bonds. The van der Waals surface area contributed by atoms with Crippen molar-refractivity contribution in [1.29, 1.82) is 0 Å². The van der Waals surface area contributed by atoms with Crippen LogP contribution < -0.4 is 5.73 Å². The standard InChI is InChI=1S/C11H11N3O2.ClH/c1-11(12,10(15)16)9-13-6-7-4-2-3-5-8(7)14-9;/h2-6H,12H2,1H3,(H,15,16);1H. The van der Waals surface area contributed by atoms with E-state index in [-0.39, 0.29) is 18.2 Å². The SMILES string of the molecule is CC(N)(C(=O)O)c1ncc2ccccc2n1.Cl. The summed E-state index contributed by atoms with van der Waals surface area (Å²) in [6, 6.07) is 7.34. The average Bonchev–Trinajstić information content (AvgIpc) is 2.28. The summed E-state index contributed by atoms with van der Waals surface area (Å²) in [5.74, 6) is -1.04. The second kappa shape index (κ2) is 4.65. The van der Waals surface area contributed by atoms with E-state index in [9.17, 15) is 4.79 Å². The number of nitrogens with zero attached hydrogens (tertiary/aromatic N) is 2. The van der Waals surface area contributed by atoms with Crippen molar-refractivity contribution in [2.24, 2.45) is 5.73 Å². The van der Waals surface area contributed by atoms with Crippen molar-refractivity contribution < 1.29 is 9.90 Å². The molecule has 90 valence electrons. The lowest BCUT2D eigenvalue weighted by molar-refractivity contribution is -0.143. The third kappa shape index (κ3) is 2.35. The van der Waals surface area contributed by atoms with E-state index in [1.54, 1.807) is 12.3 Å². The Morgan fingerprint density at radius 3 is 2.71 bits per heavy atom. The number of halogens is 1. The molecule has 0 saturated heterocycles. The molecule has 0 bridgehead atoms. The van der Waals surface area contributed by atoms with E-state index >= 15 is 0 Å². The van der Waals surface area contributed by atoms with E-state index in [0.29, 0.717) is 5.52 Å². The summed E-state index contributed by atoms with van der Waals surface area (Å²) in [5.41, 5.74) is 4.77. The highest BCUT2D eigenvalue weighted by atomic mass is 35.5. The Hall–Kier alpha value is -1.72. The molecule has 1 aromatic carbocycles. The summed E-state index contributed by atoms with van der Waals surface area (Å²) >= 11 is 0. The molecule has 0 saturated carbocycles. The molecule has 1 aromatic heterocycles. The van der Waals surface area contributed by atoms with Gasteiger partial charge in [-0.2, -0.15) is 0 Å². The van der Waals surface area contributed by atoms with Crippen LogP contribution in [-0.2, 0) is 10.3 Å². The highest BCUT2D eigenvalue weighted by Gasteiger charge is 2.33. The third-order valence-corrected chi connectivity index (χ3v) is 2.40. The molecule has 2 rings (SSSR count). The van der Waals surface area contributed by atoms with Crippen LogP contribution in [0.5, 0.6) is 0 Å². The van der Waals surface area contributed by atoms with Crippen molar-refractivity contribution in [2.45, 2.75) is 12.5 Å². The third-order valence-electron chi connectivity index (χ3n) is 2.40. The van der Waals surface area contributed by atoms with Gasteiger partial charge in [-0.3, -0.25) is 0 Å². The number of aliphatic carboxylic acids is 1. The van der Waals surface area contributed by atoms with Crippen LogP contribution in [0.15, 0.2) is 30.5 Å². The van der Waals surface area contributed by atoms with Crippen LogP contribution in [0, 0.1) is 0 Å². The molecule has 0 aliphatic rings. The van der Waals surface area contributed by atoms with E-state index in [4.69, 9.17) is 10.8 Å². The van der Waals surface area contributed by atoms with Gasteiger partial charge in [0.15, 0.2) is 11.4 Å². The Kier molecular flexibility index (Phi) is 3.65. The molecule has 1 heterocycles. The van der Waals surface area contributed by atoms with Crippen molar-refractivity contribution in [3.8, 4) is 0 Å². The maximum atomic E-state index is 11.0. The van der Waals surface area contributed by atoms with Crippen LogP contribution in [0.4, 0.5) is 0 Å². The van der Waals surface area contributed by atoms with Gasteiger partial charge in [-0.05, 0) is 13.0 Å². The predicted octanol–water partition coefficient (Wildman–Crippen LogP) is 1.31. The molecule has 0 spiro atoms. The zero-order valence-corrected chi connectivity index (χ0v) is 9.94. The van der Waals surface area contributed by atoms with Gasteiger partial charge in [0, 0.05) is 11.6 Å². The molecule has 0 radical (unpaired) electrons. The summed E-state index contributed by atoms with van der Waals surface area (Å²) < 4.78 is 0. The van der Waals surface area contributed by atoms with Gasteiger partial charge in [0.2, 0.25) is 0 Å². The lowest BCUT2D eigenvalue weighted by atomic mass is 10.0. The molecule has 0 fully saturated rings. The number of carboxylic acids is 1. The van der Waals surface area contributed by atoms with Gasteiger partial charge in [-0.15, -0.1) is 12.4 Å². The first kappa shape index (κ1) is 13.3. The van der Waals surface area contributed by atoms with E-state index < -0.39 is 11.5 Å². The molecule has 2 aromatic rings. The molecular formula is C11H12ClN3O2. The van der Waals surface area contributed by atoms with Crippen LogP contribution in [0.3, 0.4) is 0 Å². The summed E-state index contributed by atoms with van der Waals surface area (Å²) in [6.07, 6.45) is 1.58. The number of aromatic nitrogens is 2. The number of benzene rings is 1. The topological polar surface area (TPSA) is 89.1 Å². The van der Waals surface area contributed by atoms with E-state index in [2.05, 4.69) is 9.97 Å². The number of carbonyl (C=O) groups is 1.